The Bertz CT molecular complexity index is 378. The van der Waals surface area contributed by atoms with Crippen LogP contribution in [0.4, 0.5) is 0 Å². The summed E-state index contributed by atoms with van der Waals surface area (Å²) in [6.45, 7) is 0. The monoisotopic (exact) mass is 302 g/mol. The summed E-state index contributed by atoms with van der Waals surface area (Å²) in [4.78, 5) is 11.4. The maximum Gasteiger partial charge on any atom is 0.203 e. The van der Waals surface area contributed by atoms with Gasteiger partial charge < -0.3 is 14.2 Å². The molecule has 94 valence electrons. The topological polar surface area (TPSA) is 44.8 Å². The first-order chi connectivity index (χ1) is 8.15. The van der Waals surface area contributed by atoms with Gasteiger partial charge in [0, 0.05) is 6.42 Å². The molecule has 0 atom stereocenters. The molecule has 0 heterocycles. The summed E-state index contributed by atoms with van der Waals surface area (Å²) in [5.74, 6) is 1.75. The lowest BCUT2D eigenvalue weighted by atomic mass is 10.1. The minimum absolute atomic E-state index is 0.0965. The van der Waals surface area contributed by atoms with E-state index in [4.69, 9.17) is 14.2 Å². The fourth-order valence-corrected chi connectivity index (χ4v) is 1.71. The third-order valence-electron chi connectivity index (χ3n) is 2.27. The Labute approximate surface area is 109 Å². The summed E-state index contributed by atoms with van der Waals surface area (Å²) in [7, 11) is 4.64. The third kappa shape index (κ3) is 3.36. The molecule has 0 bridgehead atoms. The van der Waals surface area contributed by atoms with E-state index in [2.05, 4.69) is 15.9 Å². The molecule has 0 saturated heterocycles. The largest absolute Gasteiger partial charge is 0.493 e. The lowest BCUT2D eigenvalue weighted by Gasteiger charge is -2.13. The van der Waals surface area contributed by atoms with Gasteiger partial charge >= 0.3 is 0 Å². The van der Waals surface area contributed by atoms with Crippen LogP contribution in [0.25, 0.3) is 0 Å². The normalized spacial score (nSPS) is 9.88. The Hall–Kier alpha value is -1.23. The Morgan fingerprint density at radius 3 is 2.00 bits per heavy atom. The van der Waals surface area contributed by atoms with Gasteiger partial charge in [-0.2, -0.15) is 0 Å². The smallest absolute Gasteiger partial charge is 0.203 e. The van der Waals surface area contributed by atoms with Crippen LogP contribution in [0.2, 0.25) is 0 Å². The Balaban J connectivity index is 3.13. The molecule has 1 aromatic carbocycles. The van der Waals surface area contributed by atoms with Gasteiger partial charge in [-0.1, -0.05) is 15.9 Å². The summed E-state index contributed by atoms with van der Waals surface area (Å²) >= 11 is 3.13. The molecular formula is C12H15BrO4. The summed E-state index contributed by atoms with van der Waals surface area (Å²) in [6.07, 6.45) is 0.335. The first kappa shape index (κ1) is 13.8. The first-order valence-electron chi connectivity index (χ1n) is 5.02. The first-order valence-corrected chi connectivity index (χ1v) is 6.15. The minimum Gasteiger partial charge on any atom is -0.493 e. The van der Waals surface area contributed by atoms with E-state index in [1.165, 1.54) is 0 Å². The van der Waals surface area contributed by atoms with Gasteiger partial charge in [-0.15, -0.1) is 0 Å². The van der Waals surface area contributed by atoms with Gasteiger partial charge in [-0.05, 0) is 17.7 Å². The second-order valence-electron chi connectivity index (χ2n) is 3.38. The predicted molar refractivity (Wildman–Crippen MR) is 68.6 cm³/mol. The fraction of sp³-hybridized carbons (Fsp3) is 0.417. The molecule has 17 heavy (non-hydrogen) atoms. The lowest BCUT2D eigenvalue weighted by Crippen LogP contribution is -2.04. The van der Waals surface area contributed by atoms with Gasteiger partial charge in [-0.3, -0.25) is 4.79 Å². The Kier molecular flexibility index (Phi) is 5.28. The van der Waals surface area contributed by atoms with Crippen molar-refractivity contribution in [3.05, 3.63) is 17.7 Å². The maximum atomic E-state index is 11.4. The molecule has 0 unspecified atom stereocenters. The van der Waals surface area contributed by atoms with E-state index >= 15 is 0 Å². The third-order valence-corrected chi connectivity index (χ3v) is 2.90. The van der Waals surface area contributed by atoms with Crippen molar-refractivity contribution in [1.82, 2.24) is 0 Å². The average molecular weight is 303 g/mol. The van der Waals surface area contributed by atoms with Crippen LogP contribution >= 0.6 is 15.9 Å². The van der Waals surface area contributed by atoms with Crippen molar-refractivity contribution >= 4 is 21.7 Å². The highest BCUT2D eigenvalue weighted by Crippen LogP contribution is 2.38. The summed E-state index contributed by atoms with van der Waals surface area (Å²) in [5.41, 5.74) is 0.837. The minimum atomic E-state index is 0.0965. The molecule has 1 aromatic rings. The van der Waals surface area contributed by atoms with Crippen LogP contribution in [0.5, 0.6) is 17.2 Å². The van der Waals surface area contributed by atoms with Crippen molar-refractivity contribution < 1.29 is 19.0 Å². The standard InChI is InChI=1S/C12H15BrO4/c1-15-10-5-8(4-9(14)7-13)6-11(16-2)12(10)17-3/h5-6H,4,7H2,1-3H3. The number of alkyl halides is 1. The van der Waals surface area contributed by atoms with Crippen molar-refractivity contribution in [2.45, 2.75) is 6.42 Å². The summed E-state index contributed by atoms with van der Waals surface area (Å²) in [6, 6.07) is 3.56. The number of Topliss-reactive ketones (excluding diaryl/α,β-unsaturated/α-hetero) is 1. The highest BCUT2D eigenvalue weighted by atomic mass is 79.9. The summed E-state index contributed by atoms with van der Waals surface area (Å²) in [5, 5.41) is 0.337. The molecule has 0 N–H and O–H groups in total. The van der Waals surface area contributed by atoms with E-state index < -0.39 is 0 Å². The zero-order valence-electron chi connectivity index (χ0n) is 10.1. The number of carbonyl (C=O) groups is 1. The molecule has 0 radical (unpaired) electrons. The highest BCUT2D eigenvalue weighted by molar-refractivity contribution is 9.09. The molecule has 5 heteroatoms. The molecule has 0 saturated carbocycles. The van der Waals surface area contributed by atoms with Gasteiger partial charge in [0.25, 0.3) is 0 Å². The number of hydrogen-bond donors (Lipinski definition) is 0. The van der Waals surface area contributed by atoms with Crippen molar-refractivity contribution in [2.75, 3.05) is 26.7 Å². The van der Waals surface area contributed by atoms with E-state index in [9.17, 15) is 4.79 Å². The second-order valence-corrected chi connectivity index (χ2v) is 3.94. The zero-order chi connectivity index (χ0) is 12.8. The lowest BCUT2D eigenvalue weighted by molar-refractivity contribution is -0.115. The predicted octanol–water partition coefficient (Wildman–Crippen LogP) is 2.22. The molecular weight excluding hydrogens is 288 g/mol. The SMILES string of the molecule is COc1cc(CC(=O)CBr)cc(OC)c1OC. The number of halogens is 1. The summed E-state index contributed by atoms with van der Waals surface area (Å²) < 4.78 is 15.6. The van der Waals surface area contributed by atoms with Crippen LogP contribution in [-0.2, 0) is 11.2 Å². The van der Waals surface area contributed by atoms with Gasteiger partial charge in [-0.25, -0.2) is 0 Å². The number of hydrogen-bond acceptors (Lipinski definition) is 4. The van der Waals surface area contributed by atoms with Crippen LogP contribution < -0.4 is 14.2 Å². The average Bonchev–Trinajstić information content (AvgIpc) is 2.37. The van der Waals surface area contributed by atoms with Crippen LogP contribution in [0.1, 0.15) is 5.56 Å². The van der Waals surface area contributed by atoms with Crippen LogP contribution in [0.3, 0.4) is 0 Å². The van der Waals surface area contributed by atoms with E-state index in [-0.39, 0.29) is 5.78 Å². The maximum absolute atomic E-state index is 11.4. The van der Waals surface area contributed by atoms with E-state index in [1.807, 2.05) is 0 Å². The number of carbonyl (C=O) groups excluding carboxylic acids is 1. The molecule has 0 fully saturated rings. The fourth-order valence-electron chi connectivity index (χ4n) is 1.51. The van der Waals surface area contributed by atoms with Gasteiger partial charge in [0.05, 0.1) is 26.7 Å². The number of methoxy groups -OCH3 is 3. The molecule has 4 nitrogen and oxygen atoms in total. The van der Waals surface area contributed by atoms with Gasteiger partial charge in [0.15, 0.2) is 11.5 Å². The van der Waals surface area contributed by atoms with Crippen LogP contribution in [-0.4, -0.2) is 32.4 Å². The number of ether oxygens (including phenoxy) is 3. The number of benzene rings is 1. The van der Waals surface area contributed by atoms with Crippen molar-refractivity contribution in [3.8, 4) is 17.2 Å². The Morgan fingerprint density at radius 2 is 1.65 bits per heavy atom. The molecule has 0 aliphatic rings. The van der Waals surface area contributed by atoms with Crippen LogP contribution in [0.15, 0.2) is 12.1 Å². The second kappa shape index (κ2) is 6.49. The van der Waals surface area contributed by atoms with Gasteiger partial charge in [0.1, 0.15) is 5.78 Å². The highest BCUT2D eigenvalue weighted by Gasteiger charge is 2.14. The zero-order valence-corrected chi connectivity index (χ0v) is 11.7. The van der Waals surface area contributed by atoms with E-state index in [0.717, 1.165) is 5.56 Å². The van der Waals surface area contributed by atoms with E-state index in [0.29, 0.717) is 29.0 Å². The molecule has 0 aliphatic heterocycles. The van der Waals surface area contributed by atoms with Crippen molar-refractivity contribution in [1.29, 1.82) is 0 Å². The molecule has 1 rings (SSSR count). The molecule has 0 aromatic heterocycles. The van der Waals surface area contributed by atoms with E-state index in [1.54, 1.807) is 33.5 Å². The van der Waals surface area contributed by atoms with Gasteiger partial charge in [0.2, 0.25) is 5.75 Å². The molecule has 0 spiro atoms. The number of ketones is 1. The van der Waals surface area contributed by atoms with Crippen LogP contribution in [0, 0.1) is 0 Å². The van der Waals surface area contributed by atoms with Crippen molar-refractivity contribution in [2.24, 2.45) is 0 Å². The van der Waals surface area contributed by atoms with Crippen molar-refractivity contribution in [3.63, 3.8) is 0 Å². The Morgan fingerprint density at radius 1 is 1.12 bits per heavy atom. The quantitative estimate of drug-likeness (QED) is 0.756. The number of rotatable bonds is 6. The molecule has 0 aliphatic carbocycles. The molecule has 0 amide bonds.